The molecule has 1 aromatic carbocycles. The number of carbonyl (C=O) groups excluding carboxylic acids is 1. The number of esters is 1. The van der Waals surface area contributed by atoms with Crippen molar-refractivity contribution in [3.05, 3.63) is 41.4 Å². The second-order valence-electron chi connectivity index (χ2n) is 5.08. The van der Waals surface area contributed by atoms with Crippen LogP contribution in [-0.2, 0) is 4.74 Å². The zero-order valence-electron chi connectivity index (χ0n) is 12.6. The van der Waals surface area contributed by atoms with E-state index in [0.29, 0.717) is 18.2 Å². The van der Waals surface area contributed by atoms with Crippen molar-refractivity contribution < 1.29 is 9.53 Å². The molecule has 1 aromatic heterocycles. The number of para-hydroxylation sites is 1. The highest BCUT2D eigenvalue weighted by molar-refractivity contribution is 7.14. The fourth-order valence-electron chi connectivity index (χ4n) is 1.95. The number of benzene rings is 1. The minimum atomic E-state index is -0.363. The van der Waals surface area contributed by atoms with E-state index in [9.17, 15) is 4.79 Å². The standard InChI is InChI=1S/C16H20N2O2S/c1-4-20-15(19)14-11-21-16(17-14)18(10-12(2)3)13-8-6-5-7-9-13/h5-9,11-12H,4,10H2,1-3H3. The van der Waals surface area contributed by atoms with E-state index in [1.54, 1.807) is 12.3 Å². The van der Waals surface area contributed by atoms with E-state index in [1.807, 2.05) is 30.3 Å². The van der Waals surface area contributed by atoms with E-state index >= 15 is 0 Å². The van der Waals surface area contributed by atoms with E-state index in [0.717, 1.165) is 17.4 Å². The molecule has 0 radical (unpaired) electrons. The number of aromatic nitrogens is 1. The number of anilines is 2. The van der Waals surface area contributed by atoms with Crippen molar-refractivity contribution >= 4 is 28.1 Å². The molecule has 5 heteroatoms. The van der Waals surface area contributed by atoms with Gasteiger partial charge in [-0.05, 0) is 25.0 Å². The molecule has 0 fully saturated rings. The molecule has 2 aromatic rings. The maximum absolute atomic E-state index is 11.7. The number of thiazole rings is 1. The van der Waals surface area contributed by atoms with Gasteiger partial charge in [-0.1, -0.05) is 32.0 Å². The van der Waals surface area contributed by atoms with Crippen LogP contribution in [0.3, 0.4) is 0 Å². The molecule has 0 saturated carbocycles. The lowest BCUT2D eigenvalue weighted by Crippen LogP contribution is -2.22. The Labute approximate surface area is 129 Å². The third kappa shape index (κ3) is 4.04. The summed E-state index contributed by atoms with van der Waals surface area (Å²) in [5.41, 5.74) is 1.46. The van der Waals surface area contributed by atoms with Gasteiger partial charge < -0.3 is 9.64 Å². The number of hydrogen-bond acceptors (Lipinski definition) is 5. The Morgan fingerprint density at radius 1 is 1.33 bits per heavy atom. The predicted molar refractivity (Wildman–Crippen MR) is 86.4 cm³/mol. The van der Waals surface area contributed by atoms with Crippen LogP contribution in [0.1, 0.15) is 31.3 Å². The van der Waals surface area contributed by atoms with Crippen LogP contribution in [0.4, 0.5) is 10.8 Å². The summed E-state index contributed by atoms with van der Waals surface area (Å²) in [5.74, 6) is 0.123. The van der Waals surface area contributed by atoms with E-state index in [2.05, 4.69) is 23.7 Å². The van der Waals surface area contributed by atoms with Crippen molar-refractivity contribution in [3.63, 3.8) is 0 Å². The summed E-state index contributed by atoms with van der Waals surface area (Å²) >= 11 is 1.46. The lowest BCUT2D eigenvalue weighted by atomic mass is 10.2. The monoisotopic (exact) mass is 304 g/mol. The highest BCUT2D eigenvalue weighted by Crippen LogP contribution is 2.29. The molecule has 0 bridgehead atoms. The SMILES string of the molecule is CCOC(=O)c1csc(N(CC(C)C)c2ccccc2)n1. The maximum Gasteiger partial charge on any atom is 0.357 e. The first-order valence-electron chi connectivity index (χ1n) is 7.07. The quantitative estimate of drug-likeness (QED) is 0.753. The molecule has 4 nitrogen and oxygen atoms in total. The highest BCUT2D eigenvalue weighted by Gasteiger charge is 2.18. The number of ether oxygens (including phenoxy) is 1. The summed E-state index contributed by atoms with van der Waals surface area (Å²) in [6.07, 6.45) is 0. The first-order chi connectivity index (χ1) is 10.1. The van der Waals surface area contributed by atoms with Crippen molar-refractivity contribution in [2.75, 3.05) is 18.1 Å². The van der Waals surface area contributed by atoms with Crippen LogP contribution < -0.4 is 4.90 Å². The fraction of sp³-hybridized carbons (Fsp3) is 0.375. The molecule has 0 N–H and O–H groups in total. The van der Waals surface area contributed by atoms with Gasteiger partial charge in [0.15, 0.2) is 10.8 Å². The third-order valence-corrected chi connectivity index (χ3v) is 3.69. The summed E-state index contributed by atoms with van der Waals surface area (Å²) in [6.45, 7) is 7.33. The van der Waals surface area contributed by atoms with E-state index < -0.39 is 0 Å². The van der Waals surface area contributed by atoms with Crippen molar-refractivity contribution in [2.24, 2.45) is 5.92 Å². The van der Waals surface area contributed by atoms with E-state index in [4.69, 9.17) is 4.74 Å². The van der Waals surface area contributed by atoms with Gasteiger partial charge in [-0.3, -0.25) is 0 Å². The smallest absolute Gasteiger partial charge is 0.357 e. The van der Waals surface area contributed by atoms with Gasteiger partial charge in [0.25, 0.3) is 0 Å². The molecule has 1 heterocycles. The highest BCUT2D eigenvalue weighted by atomic mass is 32.1. The lowest BCUT2D eigenvalue weighted by molar-refractivity contribution is 0.0520. The number of nitrogens with zero attached hydrogens (tertiary/aromatic N) is 2. The first-order valence-corrected chi connectivity index (χ1v) is 7.95. The van der Waals surface area contributed by atoms with Crippen LogP contribution in [0.5, 0.6) is 0 Å². The molecule has 0 atom stereocenters. The van der Waals surface area contributed by atoms with Gasteiger partial charge in [0.05, 0.1) is 6.61 Å². The topological polar surface area (TPSA) is 42.4 Å². The number of rotatable bonds is 6. The Balaban J connectivity index is 2.27. The van der Waals surface area contributed by atoms with Gasteiger partial charge in [-0.25, -0.2) is 9.78 Å². The van der Waals surface area contributed by atoms with Gasteiger partial charge in [0, 0.05) is 17.6 Å². The molecule has 2 rings (SSSR count). The fourth-order valence-corrected chi connectivity index (χ4v) is 2.78. The van der Waals surface area contributed by atoms with E-state index in [-0.39, 0.29) is 5.97 Å². The molecule has 0 aliphatic heterocycles. The third-order valence-electron chi connectivity index (χ3n) is 2.82. The van der Waals surface area contributed by atoms with Crippen LogP contribution in [0.15, 0.2) is 35.7 Å². The van der Waals surface area contributed by atoms with Crippen molar-refractivity contribution in [3.8, 4) is 0 Å². The average molecular weight is 304 g/mol. The first kappa shape index (κ1) is 15.5. The summed E-state index contributed by atoms with van der Waals surface area (Å²) < 4.78 is 4.99. The summed E-state index contributed by atoms with van der Waals surface area (Å²) in [7, 11) is 0. The summed E-state index contributed by atoms with van der Waals surface area (Å²) in [6, 6.07) is 10.1. The average Bonchev–Trinajstić information content (AvgIpc) is 2.95. The Morgan fingerprint density at radius 2 is 2.05 bits per heavy atom. The van der Waals surface area contributed by atoms with Crippen LogP contribution in [0.25, 0.3) is 0 Å². The van der Waals surface area contributed by atoms with Gasteiger partial charge in [0.2, 0.25) is 0 Å². The Bertz CT molecular complexity index is 581. The minimum Gasteiger partial charge on any atom is -0.461 e. The van der Waals surface area contributed by atoms with Crippen LogP contribution in [0, 0.1) is 5.92 Å². The molecule has 0 unspecified atom stereocenters. The number of carbonyl (C=O) groups is 1. The lowest BCUT2D eigenvalue weighted by Gasteiger charge is -2.23. The van der Waals surface area contributed by atoms with Gasteiger partial charge in [-0.15, -0.1) is 11.3 Å². The molecular weight excluding hydrogens is 284 g/mol. The van der Waals surface area contributed by atoms with E-state index in [1.165, 1.54) is 11.3 Å². The second kappa shape index (κ2) is 7.22. The predicted octanol–water partition coefficient (Wildman–Crippen LogP) is 4.11. The molecule has 0 amide bonds. The normalized spacial score (nSPS) is 10.7. The van der Waals surface area contributed by atoms with Crippen LogP contribution in [0.2, 0.25) is 0 Å². The van der Waals surface area contributed by atoms with Crippen molar-refractivity contribution in [1.29, 1.82) is 0 Å². The zero-order chi connectivity index (χ0) is 15.2. The molecule has 0 aliphatic carbocycles. The summed E-state index contributed by atoms with van der Waals surface area (Å²) in [4.78, 5) is 18.3. The van der Waals surface area contributed by atoms with Gasteiger partial charge in [0.1, 0.15) is 0 Å². The van der Waals surface area contributed by atoms with Crippen LogP contribution >= 0.6 is 11.3 Å². The number of hydrogen-bond donors (Lipinski definition) is 0. The van der Waals surface area contributed by atoms with Crippen molar-refractivity contribution in [1.82, 2.24) is 4.98 Å². The molecule has 112 valence electrons. The molecular formula is C16H20N2O2S. The van der Waals surface area contributed by atoms with Gasteiger partial charge >= 0.3 is 5.97 Å². The summed E-state index contributed by atoms with van der Waals surface area (Å²) in [5, 5.41) is 2.57. The largest absolute Gasteiger partial charge is 0.461 e. The molecule has 0 spiro atoms. The Kier molecular flexibility index (Phi) is 5.33. The van der Waals surface area contributed by atoms with Gasteiger partial charge in [-0.2, -0.15) is 0 Å². The molecule has 0 saturated heterocycles. The molecule has 0 aliphatic rings. The van der Waals surface area contributed by atoms with Crippen LogP contribution in [-0.4, -0.2) is 24.1 Å². The van der Waals surface area contributed by atoms with Crippen molar-refractivity contribution in [2.45, 2.75) is 20.8 Å². The Morgan fingerprint density at radius 3 is 2.67 bits per heavy atom. The Hall–Kier alpha value is -1.88. The minimum absolute atomic E-state index is 0.361. The second-order valence-corrected chi connectivity index (χ2v) is 5.91. The maximum atomic E-state index is 11.7. The zero-order valence-corrected chi connectivity index (χ0v) is 13.4. The molecule has 21 heavy (non-hydrogen) atoms.